The minimum atomic E-state index is -0.355. The molecule has 1 aliphatic carbocycles. The van der Waals surface area contributed by atoms with E-state index in [1.807, 2.05) is 43.1 Å². The second-order valence-electron chi connectivity index (χ2n) is 7.93. The Balaban J connectivity index is 1.68. The molecule has 0 bridgehead atoms. The van der Waals surface area contributed by atoms with Crippen molar-refractivity contribution < 1.29 is 9.59 Å². The molecule has 2 N–H and O–H groups in total. The van der Waals surface area contributed by atoms with Gasteiger partial charge in [-0.3, -0.25) is 14.3 Å². The van der Waals surface area contributed by atoms with Crippen molar-refractivity contribution in [2.24, 2.45) is 20.0 Å². The van der Waals surface area contributed by atoms with Crippen LogP contribution >= 0.6 is 0 Å². The molecule has 32 heavy (non-hydrogen) atoms. The SMILES string of the molecule is CNC(=O)c1nnc(NC(=O)C2CC2)cc1-c1cn(C)c2c(-c3ncn(C)n3)cccc12. The molecule has 1 aromatic carbocycles. The van der Waals surface area contributed by atoms with E-state index in [1.54, 1.807) is 24.1 Å². The number of carbonyl (C=O) groups excluding carboxylic acids is 2. The van der Waals surface area contributed by atoms with Crippen LogP contribution < -0.4 is 10.6 Å². The lowest BCUT2D eigenvalue weighted by atomic mass is 10.0. The van der Waals surface area contributed by atoms with Crippen molar-refractivity contribution in [3.8, 4) is 22.5 Å². The summed E-state index contributed by atoms with van der Waals surface area (Å²) >= 11 is 0. The highest BCUT2D eigenvalue weighted by Gasteiger charge is 2.30. The molecular weight excluding hydrogens is 408 g/mol. The third-order valence-corrected chi connectivity index (χ3v) is 5.57. The molecule has 5 rings (SSSR count). The van der Waals surface area contributed by atoms with Crippen LogP contribution in [0.15, 0.2) is 36.8 Å². The summed E-state index contributed by atoms with van der Waals surface area (Å²) in [7, 11) is 5.30. The van der Waals surface area contributed by atoms with E-state index in [0.29, 0.717) is 17.2 Å². The molecule has 0 radical (unpaired) electrons. The summed E-state index contributed by atoms with van der Waals surface area (Å²) in [4.78, 5) is 29.2. The van der Waals surface area contributed by atoms with Crippen LogP contribution in [0.5, 0.6) is 0 Å². The monoisotopic (exact) mass is 430 g/mol. The number of amides is 2. The Morgan fingerprint density at radius 2 is 1.91 bits per heavy atom. The van der Waals surface area contributed by atoms with E-state index in [2.05, 4.69) is 30.9 Å². The highest BCUT2D eigenvalue weighted by Crippen LogP contribution is 2.37. The molecule has 0 saturated heterocycles. The fourth-order valence-electron chi connectivity index (χ4n) is 3.84. The number of nitrogens with zero attached hydrogens (tertiary/aromatic N) is 6. The van der Waals surface area contributed by atoms with Crippen LogP contribution in [0.25, 0.3) is 33.4 Å². The molecule has 0 unspecified atom stereocenters. The van der Waals surface area contributed by atoms with Crippen LogP contribution in [0, 0.1) is 5.92 Å². The van der Waals surface area contributed by atoms with Crippen LogP contribution in [0.1, 0.15) is 23.3 Å². The number of nitrogens with one attached hydrogen (secondary N) is 2. The Labute approximate surface area is 183 Å². The Morgan fingerprint density at radius 3 is 2.59 bits per heavy atom. The van der Waals surface area contributed by atoms with Crippen LogP contribution in [0.3, 0.4) is 0 Å². The van der Waals surface area contributed by atoms with Crippen molar-refractivity contribution in [1.82, 2.24) is 34.8 Å². The van der Waals surface area contributed by atoms with Crippen LogP contribution in [0.2, 0.25) is 0 Å². The standard InChI is InChI=1S/C22H22N8O2/c1-23-22(32)18-15(9-17(26-27-18)25-21(31)12-7-8-12)16-10-29(2)19-13(16)5-4-6-14(19)20-24-11-30(3)28-20/h4-6,9-12H,7-8H2,1-3H3,(H,23,32)(H,25,26,31). The van der Waals surface area contributed by atoms with Gasteiger partial charge in [-0.15, -0.1) is 10.2 Å². The van der Waals surface area contributed by atoms with Gasteiger partial charge in [0.1, 0.15) is 6.33 Å². The summed E-state index contributed by atoms with van der Waals surface area (Å²) in [6.07, 6.45) is 5.36. The number of benzene rings is 1. The van der Waals surface area contributed by atoms with Crippen molar-refractivity contribution in [3.63, 3.8) is 0 Å². The number of aromatic nitrogens is 6. The minimum Gasteiger partial charge on any atom is -0.354 e. The molecule has 3 heterocycles. The van der Waals surface area contributed by atoms with E-state index in [4.69, 9.17) is 0 Å². The van der Waals surface area contributed by atoms with Gasteiger partial charge in [-0.25, -0.2) is 4.98 Å². The summed E-state index contributed by atoms with van der Waals surface area (Å²) in [5.74, 6) is 0.545. The largest absolute Gasteiger partial charge is 0.354 e. The molecule has 0 atom stereocenters. The summed E-state index contributed by atoms with van der Waals surface area (Å²) < 4.78 is 3.64. The quantitative estimate of drug-likeness (QED) is 0.501. The Morgan fingerprint density at radius 1 is 1.09 bits per heavy atom. The van der Waals surface area contributed by atoms with E-state index in [0.717, 1.165) is 34.9 Å². The Hall–Kier alpha value is -4.08. The maximum absolute atomic E-state index is 12.6. The topological polar surface area (TPSA) is 120 Å². The number of anilines is 1. The van der Waals surface area contributed by atoms with Gasteiger partial charge in [0.25, 0.3) is 5.91 Å². The highest BCUT2D eigenvalue weighted by molar-refractivity contribution is 6.08. The van der Waals surface area contributed by atoms with Crippen molar-refractivity contribution in [3.05, 3.63) is 42.5 Å². The van der Waals surface area contributed by atoms with Gasteiger partial charge in [0, 0.05) is 55.3 Å². The second-order valence-corrected chi connectivity index (χ2v) is 7.93. The van der Waals surface area contributed by atoms with Gasteiger partial charge in [0.05, 0.1) is 5.52 Å². The first-order valence-electron chi connectivity index (χ1n) is 10.3. The molecule has 10 heteroatoms. The fraction of sp³-hybridized carbons (Fsp3) is 0.273. The van der Waals surface area contributed by atoms with Gasteiger partial charge in [0.2, 0.25) is 5.91 Å². The van der Waals surface area contributed by atoms with Crippen LogP contribution in [-0.2, 0) is 18.9 Å². The van der Waals surface area contributed by atoms with Gasteiger partial charge in [0.15, 0.2) is 17.3 Å². The zero-order valence-electron chi connectivity index (χ0n) is 18.0. The van der Waals surface area contributed by atoms with Crippen molar-refractivity contribution in [2.45, 2.75) is 12.8 Å². The molecule has 0 spiro atoms. The number of fused-ring (bicyclic) bond motifs is 1. The third-order valence-electron chi connectivity index (χ3n) is 5.57. The lowest BCUT2D eigenvalue weighted by Gasteiger charge is -2.09. The van der Waals surface area contributed by atoms with E-state index < -0.39 is 0 Å². The lowest BCUT2D eigenvalue weighted by Crippen LogP contribution is -2.22. The average Bonchev–Trinajstić information content (AvgIpc) is 3.48. The molecule has 10 nitrogen and oxygen atoms in total. The summed E-state index contributed by atoms with van der Waals surface area (Å²) in [5, 5.41) is 19.0. The van der Waals surface area contributed by atoms with Gasteiger partial charge in [-0.05, 0) is 25.0 Å². The normalized spacial score (nSPS) is 13.3. The zero-order chi connectivity index (χ0) is 22.4. The average molecular weight is 430 g/mol. The molecule has 4 aromatic rings. The van der Waals surface area contributed by atoms with E-state index in [1.165, 1.54) is 0 Å². The van der Waals surface area contributed by atoms with Gasteiger partial charge >= 0.3 is 0 Å². The van der Waals surface area contributed by atoms with E-state index in [-0.39, 0.29) is 23.4 Å². The maximum atomic E-state index is 12.6. The van der Waals surface area contributed by atoms with Gasteiger partial charge < -0.3 is 15.2 Å². The third kappa shape index (κ3) is 3.39. The fourth-order valence-corrected chi connectivity index (χ4v) is 3.84. The van der Waals surface area contributed by atoms with Crippen LogP contribution in [-0.4, -0.2) is 48.4 Å². The molecule has 162 valence electrons. The molecule has 1 fully saturated rings. The number of hydrogen-bond acceptors (Lipinski definition) is 6. The predicted octanol–water partition coefficient (Wildman–Crippen LogP) is 2.14. The first-order chi connectivity index (χ1) is 15.5. The smallest absolute Gasteiger partial charge is 0.272 e. The van der Waals surface area contributed by atoms with Crippen molar-refractivity contribution >= 4 is 28.5 Å². The second kappa shape index (κ2) is 7.56. The molecule has 1 saturated carbocycles. The first-order valence-corrected chi connectivity index (χ1v) is 10.3. The first kappa shape index (κ1) is 19.9. The van der Waals surface area contributed by atoms with Crippen molar-refractivity contribution in [2.75, 3.05) is 12.4 Å². The van der Waals surface area contributed by atoms with Gasteiger partial charge in [-0.1, -0.05) is 12.1 Å². The lowest BCUT2D eigenvalue weighted by molar-refractivity contribution is -0.117. The van der Waals surface area contributed by atoms with Crippen molar-refractivity contribution in [1.29, 1.82) is 0 Å². The minimum absolute atomic E-state index is 0.0323. The predicted molar refractivity (Wildman–Crippen MR) is 119 cm³/mol. The number of carbonyl (C=O) groups is 2. The number of hydrogen-bond donors (Lipinski definition) is 2. The molecular formula is C22H22N8O2. The maximum Gasteiger partial charge on any atom is 0.272 e. The molecule has 1 aliphatic rings. The van der Waals surface area contributed by atoms with Crippen LogP contribution in [0.4, 0.5) is 5.82 Å². The van der Waals surface area contributed by atoms with E-state index in [9.17, 15) is 9.59 Å². The molecule has 3 aromatic heterocycles. The number of aryl methyl sites for hydroxylation is 2. The summed E-state index contributed by atoms with van der Waals surface area (Å²) in [5.41, 5.74) is 3.38. The number of para-hydroxylation sites is 1. The Bertz CT molecular complexity index is 1370. The summed E-state index contributed by atoms with van der Waals surface area (Å²) in [6, 6.07) is 7.58. The molecule has 0 aliphatic heterocycles. The summed E-state index contributed by atoms with van der Waals surface area (Å²) in [6.45, 7) is 0. The van der Waals surface area contributed by atoms with E-state index >= 15 is 0 Å². The molecule has 2 amide bonds. The zero-order valence-corrected chi connectivity index (χ0v) is 18.0. The van der Waals surface area contributed by atoms with Gasteiger partial charge in [-0.2, -0.15) is 5.10 Å². The Kier molecular flexibility index (Phi) is 4.69. The number of rotatable bonds is 5. The highest BCUT2D eigenvalue weighted by atomic mass is 16.2.